The van der Waals surface area contributed by atoms with Gasteiger partial charge < -0.3 is 0 Å². The normalized spacial score (nSPS) is 10.1. The zero-order valence-corrected chi connectivity index (χ0v) is 37.2. The molecule has 0 bridgehead atoms. The third kappa shape index (κ3) is 12.7. The molecule has 6 rings (SSSR count). The van der Waals surface area contributed by atoms with E-state index in [4.69, 9.17) is 20.0 Å². The molecule has 0 saturated heterocycles. The van der Waals surface area contributed by atoms with Crippen molar-refractivity contribution in [2.24, 2.45) is 9.98 Å². The molecule has 0 atom stereocenters. The Kier molecular flexibility index (Phi) is 21.9. The van der Waals surface area contributed by atoms with Crippen molar-refractivity contribution in [3.63, 3.8) is 0 Å². The molecule has 2 radical (unpaired) electrons. The van der Waals surface area contributed by atoms with E-state index in [1.807, 2.05) is 85.2 Å². The van der Waals surface area contributed by atoms with Gasteiger partial charge in [0.2, 0.25) is 0 Å². The van der Waals surface area contributed by atoms with E-state index in [2.05, 4.69) is 61.9 Å². The van der Waals surface area contributed by atoms with Gasteiger partial charge in [0, 0.05) is 52.4 Å². The first-order valence-electron chi connectivity index (χ1n) is 15.0. The average Bonchev–Trinajstić information content (AvgIpc) is 3.05. The second-order valence-electron chi connectivity index (χ2n) is 11.2. The van der Waals surface area contributed by atoms with Crippen molar-refractivity contribution in [1.29, 1.82) is 0 Å². The summed E-state index contributed by atoms with van der Waals surface area (Å²) in [7, 11) is 0. The molecule has 0 amide bonds. The Morgan fingerprint density at radius 2 is 0.882 bits per heavy atom. The van der Waals surface area contributed by atoms with Gasteiger partial charge >= 0.3 is 0 Å². The third-order valence-corrected chi connectivity index (χ3v) is 7.48. The van der Waals surface area contributed by atoms with Crippen LogP contribution in [0.4, 0.5) is 11.4 Å². The Hall–Kier alpha value is -2.69. The number of benzene rings is 2. The predicted molar refractivity (Wildman–Crippen MR) is 225 cm³/mol. The van der Waals surface area contributed by atoms with Crippen molar-refractivity contribution < 1.29 is 33.6 Å². The first kappa shape index (κ1) is 48.3. The number of aromatic nitrogens is 4. The molecule has 0 spiro atoms. The summed E-state index contributed by atoms with van der Waals surface area (Å²) in [5.41, 5.74) is 13.7. The number of aliphatic imine (C=N–C) groups is 2. The zero-order valence-electron chi connectivity index (χ0n) is 28.2. The second-order valence-corrected chi connectivity index (χ2v) is 11.2. The molecule has 0 unspecified atom stereocenters. The fraction of sp³-hybridized carbons (Fsp3) is 0.128. The van der Waals surface area contributed by atoms with Gasteiger partial charge in [-0.15, -0.1) is 67.9 Å². The minimum atomic E-state index is 0. The molecule has 6 aromatic rings. The second kappa shape index (κ2) is 23.1. The summed E-state index contributed by atoms with van der Waals surface area (Å²) in [5.74, 6) is 0. The number of hydrogen-bond acceptors (Lipinski definition) is 6. The summed E-state index contributed by atoms with van der Waals surface area (Å²) < 4.78 is 0. The molecule has 6 nitrogen and oxygen atoms in total. The van der Waals surface area contributed by atoms with E-state index < -0.39 is 0 Å². The SMILES string of the molecule is Br.Br.Br.Br.Cc1cc(C)c(N=Cc2cccc(-c3ccccn3)n2)c(Cc2cc(C)cc(C)c2N=Cc2cccc(-c3ccccn3)n2)c1.[Co].[Co]. The molecule has 0 aliphatic heterocycles. The number of nitrogens with zero attached hydrogens (tertiary/aromatic N) is 6. The molecule has 0 N–H and O–H groups in total. The van der Waals surface area contributed by atoms with Gasteiger partial charge in [0.1, 0.15) is 0 Å². The smallest absolute Gasteiger partial charge is 0.0894 e. The summed E-state index contributed by atoms with van der Waals surface area (Å²) in [4.78, 5) is 28.5. The monoisotopic (exact) mass is 1020 g/mol. The summed E-state index contributed by atoms with van der Waals surface area (Å²) in [5, 5.41) is 0. The molecule has 2 aromatic carbocycles. The van der Waals surface area contributed by atoms with E-state index in [1.165, 1.54) is 11.1 Å². The van der Waals surface area contributed by atoms with Gasteiger partial charge in [0.25, 0.3) is 0 Å². The molecule has 51 heavy (non-hydrogen) atoms. The minimum absolute atomic E-state index is 0. The molecule has 12 heteroatoms. The number of rotatable bonds is 8. The van der Waals surface area contributed by atoms with Crippen LogP contribution in [0, 0.1) is 27.7 Å². The van der Waals surface area contributed by atoms with Crippen molar-refractivity contribution in [2.75, 3.05) is 0 Å². The Labute approximate surface area is 363 Å². The maximum atomic E-state index is 4.99. The first-order valence-corrected chi connectivity index (χ1v) is 15.0. The topological polar surface area (TPSA) is 76.3 Å². The largest absolute Gasteiger partial charge is 0.255 e. The first-order chi connectivity index (χ1) is 21.9. The van der Waals surface area contributed by atoms with Crippen LogP contribution in [-0.4, -0.2) is 32.4 Å². The summed E-state index contributed by atoms with van der Waals surface area (Å²) in [6, 6.07) is 32.3. The van der Waals surface area contributed by atoms with Crippen LogP contribution in [-0.2, 0) is 40.0 Å². The summed E-state index contributed by atoms with van der Waals surface area (Å²) in [6.07, 6.45) is 7.93. The molecule has 0 aliphatic rings. The molecule has 0 fully saturated rings. The van der Waals surface area contributed by atoms with Crippen LogP contribution in [0.2, 0.25) is 0 Å². The Bertz CT molecular complexity index is 1900. The average molecular weight is 1030 g/mol. The Morgan fingerprint density at radius 3 is 1.25 bits per heavy atom. The van der Waals surface area contributed by atoms with E-state index in [0.29, 0.717) is 6.42 Å². The maximum Gasteiger partial charge on any atom is 0.0894 e. The standard InChI is InChI=1S/C39H34N6.4BrH.2Co/c1-26-19-28(3)38(42-24-32-11-9-15-36(44-32)34-13-5-7-17-40-34)30(21-26)23-31-22-27(2)20-29(4)39(31)43-25-33-12-10-16-37(45-33)35-14-6-8-18-41-35;;;;;;/h5-22,24-25H,23H2,1-4H3;4*1H;;. The Morgan fingerprint density at radius 1 is 0.490 bits per heavy atom. The molecular weight excluding hydrogens is 990 g/mol. The van der Waals surface area contributed by atoms with Gasteiger partial charge in [0.15, 0.2) is 0 Å². The van der Waals surface area contributed by atoms with E-state index in [1.54, 1.807) is 12.4 Å². The van der Waals surface area contributed by atoms with Crippen LogP contribution < -0.4 is 0 Å². The molecular formula is C39H38Br4Co2N6. The van der Waals surface area contributed by atoms with Gasteiger partial charge in [-0.2, -0.15) is 0 Å². The van der Waals surface area contributed by atoms with Crippen LogP contribution in [0.25, 0.3) is 22.8 Å². The van der Waals surface area contributed by atoms with E-state index in [0.717, 1.165) is 67.8 Å². The van der Waals surface area contributed by atoms with Crippen molar-refractivity contribution in [1.82, 2.24) is 19.9 Å². The van der Waals surface area contributed by atoms with Gasteiger partial charge in [-0.1, -0.05) is 59.7 Å². The van der Waals surface area contributed by atoms with Gasteiger partial charge in [-0.25, -0.2) is 9.97 Å². The van der Waals surface area contributed by atoms with Crippen molar-refractivity contribution >= 4 is 91.7 Å². The van der Waals surface area contributed by atoms with Crippen LogP contribution in [0.1, 0.15) is 44.8 Å². The number of halogens is 4. The molecule has 4 heterocycles. The summed E-state index contributed by atoms with van der Waals surface area (Å²) in [6.45, 7) is 8.48. The van der Waals surface area contributed by atoms with Gasteiger partial charge in [-0.3, -0.25) is 20.0 Å². The predicted octanol–water partition coefficient (Wildman–Crippen LogP) is 11.2. The fourth-order valence-corrected chi connectivity index (χ4v) is 5.56. The van der Waals surface area contributed by atoms with Crippen LogP contribution in [0.15, 0.2) is 119 Å². The molecule has 270 valence electrons. The van der Waals surface area contributed by atoms with Crippen molar-refractivity contribution in [3.8, 4) is 22.8 Å². The summed E-state index contributed by atoms with van der Waals surface area (Å²) >= 11 is 0. The Balaban J connectivity index is 0.00000417. The van der Waals surface area contributed by atoms with Gasteiger partial charge in [-0.05, 0) is 98.5 Å². The quantitative estimate of drug-likeness (QED) is 0.142. The number of aryl methyl sites for hydroxylation is 4. The number of hydrogen-bond donors (Lipinski definition) is 0. The minimum Gasteiger partial charge on any atom is -0.255 e. The molecule has 0 saturated carbocycles. The van der Waals surface area contributed by atoms with Crippen LogP contribution in [0.3, 0.4) is 0 Å². The van der Waals surface area contributed by atoms with Crippen molar-refractivity contribution in [2.45, 2.75) is 34.1 Å². The zero-order chi connectivity index (χ0) is 31.2. The van der Waals surface area contributed by atoms with E-state index in [-0.39, 0.29) is 101 Å². The molecule has 0 aliphatic carbocycles. The van der Waals surface area contributed by atoms with E-state index >= 15 is 0 Å². The molecule has 4 aromatic heterocycles. The van der Waals surface area contributed by atoms with E-state index in [9.17, 15) is 0 Å². The van der Waals surface area contributed by atoms with Crippen molar-refractivity contribution in [3.05, 3.63) is 154 Å². The van der Waals surface area contributed by atoms with Crippen LogP contribution in [0.5, 0.6) is 0 Å². The third-order valence-electron chi connectivity index (χ3n) is 7.48. The van der Waals surface area contributed by atoms with Gasteiger partial charge in [0.05, 0.1) is 58.0 Å². The fourth-order valence-electron chi connectivity index (χ4n) is 5.56. The maximum absolute atomic E-state index is 4.99. The number of pyridine rings is 4. The van der Waals surface area contributed by atoms with Crippen LogP contribution >= 0.6 is 67.9 Å².